The summed E-state index contributed by atoms with van der Waals surface area (Å²) in [5.74, 6) is -0.302. The van der Waals surface area contributed by atoms with Crippen LogP contribution in [0.3, 0.4) is 0 Å². The maximum atomic E-state index is 12.9. The van der Waals surface area contributed by atoms with Crippen molar-refractivity contribution in [3.63, 3.8) is 0 Å². The fourth-order valence-corrected chi connectivity index (χ4v) is 2.97. The Hall–Kier alpha value is -0.330. The minimum Gasteiger partial charge on any atom is -0.493 e. The van der Waals surface area contributed by atoms with Crippen LogP contribution in [0.1, 0.15) is 6.92 Å². The van der Waals surface area contributed by atoms with Crippen molar-refractivity contribution in [3.05, 3.63) is 28.5 Å². The van der Waals surface area contributed by atoms with E-state index in [0.29, 0.717) is 10.2 Å². The summed E-state index contributed by atoms with van der Waals surface area (Å²) in [6.45, 7) is 1.91. The van der Waals surface area contributed by atoms with E-state index in [9.17, 15) is 12.8 Å². The largest absolute Gasteiger partial charge is 0.493 e. The number of halogens is 3. The fraction of sp³-hybridized carbons (Fsp3) is 0.400. The zero-order chi connectivity index (χ0) is 13.1. The molecule has 0 aromatic heterocycles. The van der Waals surface area contributed by atoms with Crippen molar-refractivity contribution < 1.29 is 17.5 Å². The molecule has 1 unspecified atom stereocenters. The highest BCUT2D eigenvalue weighted by atomic mass is 79.9. The topological polar surface area (TPSA) is 43.4 Å². The van der Waals surface area contributed by atoms with Gasteiger partial charge in [-0.2, -0.15) is 0 Å². The van der Waals surface area contributed by atoms with E-state index in [-0.39, 0.29) is 24.1 Å². The Morgan fingerprint density at radius 3 is 2.71 bits per heavy atom. The van der Waals surface area contributed by atoms with Gasteiger partial charge in [-0.1, -0.05) is 6.92 Å². The van der Waals surface area contributed by atoms with E-state index in [1.807, 2.05) is 0 Å². The second-order valence-electron chi connectivity index (χ2n) is 3.70. The summed E-state index contributed by atoms with van der Waals surface area (Å²) in [6.07, 6.45) is 0. The molecule has 0 fully saturated rings. The molecule has 0 aliphatic heterocycles. The van der Waals surface area contributed by atoms with E-state index >= 15 is 0 Å². The molecule has 3 nitrogen and oxygen atoms in total. The van der Waals surface area contributed by atoms with E-state index in [0.717, 1.165) is 0 Å². The molecule has 1 aromatic rings. The third-order valence-corrected chi connectivity index (χ3v) is 3.86. The molecular formula is C10H11BrClFO3S. The highest BCUT2D eigenvalue weighted by Crippen LogP contribution is 2.22. The molecule has 7 heteroatoms. The predicted octanol–water partition coefficient (Wildman–Crippen LogP) is 3.17. The van der Waals surface area contributed by atoms with E-state index in [1.165, 1.54) is 18.2 Å². The number of hydrogen-bond donors (Lipinski definition) is 0. The normalized spacial score (nSPS) is 13.4. The molecule has 0 N–H and O–H groups in total. The monoisotopic (exact) mass is 344 g/mol. The molecule has 1 atom stereocenters. The highest BCUT2D eigenvalue weighted by molar-refractivity contribution is 9.10. The van der Waals surface area contributed by atoms with Gasteiger partial charge >= 0.3 is 0 Å². The molecule has 0 saturated carbocycles. The quantitative estimate of drug-likeness (QED) is 0.770. The Balaban J connectivity index is 2.53. The van der Waals surface area contributed by atoms with Crippen molar-refractivity contribution >= 4 is 35.7 Å². The molecule has 1 aromatic carbocycles. The van der Waals surface area contributed by atoms with E-state index in [4.69, 9.17) is 15.4 Å². The first-order valence-electron chi connectivity index (χ1n) is 4.78. The van der Waals surface area contributed by atoms with Gasteiger partial charge in [-0.25, -0.2) is 12.8 Å². The number of ether oxygens (including phenoxy) is 1. The summed E-state index contributed by atoms with van der Waals surface area (Å²) < 4.78 is 40.2. The molecule has 0 heterocycles. The zero-order valence-corrected chi connectivity index (χ0v) is 12.1. The van der Waals surface area contributed by atoms with Crippen LogP contribution < -0.4 is 4.74 Å². The van der Waals surface area contributed by atoms with Crippen molar-refractivity contribution in [2.45, 2.75) is 6.92 Å². The summed E-state index contributed by atoms with van der Waals surface area (Å²) in [7, 11) is 1.60. The maximum Gasteiger partial charge on any atom is 0.232 e. The third-order valence-electron chi connectivity index (χ3n) is 1.91. The van der Waals surface area contributed by atoms with Crippen molar-refractivity contribution in [1.29, 1.82) is 0 Å². The third kappa shape index (κ3) is 5.70. The maximum absolute atomic E-state index is 12.9. The molecule has 96 valence electrons. The summed E-state index contributed by atoms with van der Waals surface area (Å²) in [4.78, 5) is 0. The van der Waals surface area contributed by atoms with Crippen LogP contribution in [0.15, 0.2) is 22.7 Å². The first-order chi connectivity index (χ1) is 7.78. The first-order valence-corrected chi connectivity index (χ1v) is 8.05. The highest BCUT2D eigenvalue weighted by Gasteiger charge is 2.13. The summed E-state index contributed by atoms with van der Waals surface area (Å²) in [5.41, 5.74) is 0. The van der Waals surface area contributed by atoms with Crippen molar-refractivity contribution in [1.82, 2.24) is 0 Å². The molecular weight excluding hydrogens is 335 g/mol. The van der Waals surface area contributed by atoms with E-state index in [1.54, 1.807) is 6.92 Å². The van der Waals surface area contributed by atoms with Crippen molar-refractivity contribution in [3.8, 4) is 5.75 Å². The molecule has 0 aliphatic rings. The summed E-state index contributed by atoms with van der Waals surface area (Å²) in [5, 5.41) is 0. The van der Waals surface area contributed by atoms with Crippen molar-refractivity contribution in [2.24, 2.45) is 5.92 Å². The first kappa shape index (κ1) is 14.7. The molecule has 0 bridgehead atoms. The Morgan fingerprint density at radius 2 is 2.18 bits per heavy atom. The van der Waals surface area contributed by atoms with Gasteiger partial charge in [-0.3, -0.25) is 0 Å². The predicted molar refractivity (Wildman–Crippen MR) is 68.4 cm³/mol. The average molecular weight is 346 g/mol. The minimum absolute atomic E-state index is 0.156. The standard InChI is InChI=1S/C10H11BrClFO3S/c1-7(6-17(12,14)15)5-16-8-2-3-10(13)9(11)4-8/h2-4,7H,5-6H2,1H3. The minimum atomic E-state index is -3.52. The van der Waals surface area contributed by atoms with Crippen LogP contribution in [0.25, 0.3) is 0 Å². The van der Waals surface area contributed by atoms with Crippen LogP contribution in [0.2, 0.25) is 0 Å². The second kappa shape index (κ2) is 6.02. The Bertz CT molecular complexity index is 492. The Morgan fingerprint density at radius 1 is 1.53 bits per heavy atom. The van der Waals surface area contributed by atoms with Gasteiger partial charge in [0.05, 0.1) is 16.8 Å². The summed E-state index contributed by atoms with van der Waals surface area (Å²) in [6, 6.07) is 4.22. The van der Waals surface area contributed by atoms with Gasteiger partial charge in [0.25, 0.3) is 0 Å². The molecule has 0 amide bonds. The van der Waals surface area contributed by atoms with Gasteiger partial charge in [-0.15, -0.1) is 0 Å². The lowest BCUT2D eigenvalue weighted by atomic mass is 10.2. The summed E-state index contributed by atoms with van der Waals surface area (Å²) >= 11 is 3.03. The van der Waals surface area contributed by atoms with Crippen LogP contribution in [-0.4, -0.2) is 20.8 Å². The lowest BCUT2D eigenvalue weighted by molar-refractivity contribution is 0.271. The van der Waals surface area contributed by atoms with E-state index in [2.05, 4.69) is 15.9 Å². The van der Waals surface area contributed by atoms with Crippen LogP contribution in [0.4, 0.5) is 4.39 Å². The lowest BCUT2D eigenvalue weighted by Gasteiger charge is -2.11. The van der Waals surface area contributed by atoms with Crippen LogP contribution in [-0.2, 0) is 9.05 Å². The van der Waals surface area contributed by atoms with Crippen LogP contribution in [0.5, 0.6) is 5.75 Å². The van der Waals surface area contributed by atoms with Gasteiger partial charge in [0.2, 0.25) is 9.05 Å². The van der Waals surface area contributed by atoms with Crippen molar-refractivity contribution in [2.75, 3.05) is 12.4 Å². The van der Waals surface area contributed by atoms with E-state index < -0.39 is 9.05 Å². The van der Waals surface area contributed by atoms with Gasteiger partial charge < -0.3 is 4.74 Å². The molecule has 0 aliphatic carbocycles. The average Bonchev–Trinajstić information content (AvgIpc) is 2.17. The van der Waals surface area contributed by atoms with Gasteiger partial charge in [-0.05, 0) is 34.1 Å². The smallest absolute Gasteiger partial charge is 0.232 e. The molecule has 17 heavy (non-hydrogen) atoms. The number of rotatable bonds is 5. The SMILES string of the molecule is CC(COc1ccc(F)c(Br)c1)CS(=O)(=O)Cl. The Labute approximate surface area is 112 Å². The van der Waals surface area contributed by atoms with Gasteiger partial charge in [0.1, 0.15) is 11.6 Å². The molecule has 0 radical (unpaired) electrons. The van der Waals surface area contributed by atoms with Crippen LogP contribution >= 0.6 is 26.6 Å². The van der Waals surface area contributed by atoms with Gasteiger partial charge in [0, 0.05) is 16.6 Å². The zero-order valence-electron chi connectivity index (χ0n) is 8.99. The number of benzene rings is 1. The molecule has 1 rings (SSSR count). The van der Waals surface area contributed by atoms with Gasteiger partial charge in [0.15, 0.2) is 0 Å². The molecule has 0 spiro atoms. The Kier molecular flexibility index (Phi) is 5.22. The second-order valence-corrected chi connectivity index (χ2v) is 7.37. The molecule has 0 saturated heterocycles. The number of hydrogen-bond acceptors (Lipinski definition) is 3. The lowest BCUT2D eigenvalue weighted by Crippen LogP contribution is -2.16. The fourth-order valence-electron chi connectivity index (χ4n) is 1.19. The van der Waals surface area contributed by atoms with Crippen LogP contribution in [0, 0.1) is 11.7 Å².